The molecule has 1 aromatic carbocycles. The number of aryl methyl sites for hydroxylation is 1. The minimum atomic E-state index is -0.174. The van der Waals surface area contributed by atoms with Crippen LogP contribution in [0.25, 0.3) is 0 Å². The van der Waals surface area contributed by atoms with Crippen LogP contribution in [0, 0.1) is 18.7 Å². The first-order valence-electron chi connectivity index (χ1n) is 5.38. The molecule has 0 radical (unpaired) electrons. The van der Waals surface area contributed by atoms with Crippen molar-refractivity contribution in [1.82, 2.24) is 0 Å². The van der Waals surface area contributed by atoms with Crippen molar-refractivity contribution in [3.05, 3.63) is 35.1 Å². The van der Waals surface area contributed by atoms with Crippen LogP contribution < -0.4 is 0 Å². The molecule has 0 bridgehead atoms. The molecule has 2 atom stereocenters. The number of halogens is 1. The van der Waals surface area contributed by atoms with Crippen molar-refractivity contribution >= 4 is 5.78 Å². The number of hydrogen-bond acceptors (Lipinski definition) is 1. The molecule has 1 nitrogen and oxygen atoms in total. The standard InChI is InChI=1S/C13H15FO/c1-8-3-5-12(14)11(7-8)10-4-6-13(15)9(10)2/h3,5,7,9-10H,4,6H2,1-2H3. The number of ketones is 1. The summed E-state index contributed by atoms with van der Waals surface area (Å²) in [6.45, 7) is 3.85. The first-order chi connectivity index (χ1) is 7.09. The Hall–Kier alpha value is -1.18. The Kier molecular flexibility index (Phi) is 2.59. The molecule has 2 rings (SSSR count). The van der Waals surface area contributed by atoms with Gasteiger partial charge in [-0.1, -0.05) is 24.6 Å². The molecule has 2 unspecified atom stereocenters. The highest BCUT2D eigenvalue weighted by Gasteiger charge is 2.33. The van der Waals surface area contributed by atoms with Crippen LogP contribution in [0.2, 0.25) is 0 Å². The van der Waals surface area contributed by atoms with Crippen molar-refractivity contribution in [2.24, 2.45) is 5.92 Å². The van der Waals surface area contributed by atoms with E-state index in [0.717, 1.165) is 12.0 Å². The predicted octanol–water partition coefficient (Wildman–Crippen LogP) is 3.22. The van der Waals surface area contributed by atoms with E-state index in [1.165, 1.54) is 6.07 Å². The Labute approximate surface area is 89.3 Å². The van der Waals surface area contributed by atoms with Crippen LogP contribution in [0.15, 0.2) is 18.2 Å². The van der Waals surface area contributed by atoms with Gasteiger partial charge in [-0.05, 0) is 30.9 Å². The molecule has 0 amide bonds. The summed E-state index contributed by atoms with van der Waals surface area (Å²) < 4.78 is 13.6. The van der Waals surface area contributed by atoms with Crippen LogP contribution in [0.4, 0.5) is 4.39 Å². The monoisotopic (exact) mass is 206 g/mol. The molecule has 2 heteroatoms. The number of Topliss-reactive ketones (excluding diaryl/α,β-unsaturated/α-hetero) is 1. The lowest BCUT2D eigenvalue weighted by molar-refractivity contribution is -0.120. The number of carbonyl (C=O) groups is 1. The normalized spacial score (nSPS) is 25.9. The van der Waals surface area contributed by atoms with Gasteiger partial charge in [-0.25, -0.2) is 4.39 Å². The molecule has 1 aliphatic rings. The van der Waals surface area contributed by atoms with Gasteiger partial charge in [0.1, 0.15) is 11.6 Å². The van der Waals surface area contributed by atoms with E-state index in [0.29, 0.717) is 12.0 Å². The van der Waals surface area contributed by atoms with E-state index >= 15 is 0 Å². The third-order valence-corrected chi connectivity index (χ3v) is 3.36. The minimum Gasteiger partial charge on any atom is -0.299 e. The predicted molar refractivity (Wildman–Crippen MR) is 57.3 cm³/mol. The fourth-order valence-corrected chi connectivity index (χ4v) is 2.37. The van der Waals surface area contributed by atoms with Gasteiger partial charge in [0.15, 0.2) is 0 Å². The van der Waals surface area contributed by atoms with Crippen molar-refractivity contribution in [2.75, 3.05) is 0 Å². The van der Waals surface area contributed by atoms with Gasteiger partial charge in [0.25, 0.3) is 0 Å². The first-order valence-corrected chi connectivity index (χ1v) is 5.38. The van der Waals surface area contributed by atoms with Crippen molar-refractivity contribution in [1.29, 1.82) is 0 Å². The van der Waals surface area contributed by atoms with Crippen LogP contribution in [-0.2, 0) is 4.79 Å². The Morgan fingerprint density at radius 3 is 2.73 bits per heavy atom. The summed E-state index contributed by atoms with van der Waals surface area (Å²) in [7, 11) is 0. The third-order valence-electron chi connectivity index (χ3n) is 3.36. The molecule has 0 aliphatic heterocycles. The zero-order valence-electron chi connectivity index (χ0n) is 9.09. The summed E-state index contributed by atoms with van der Waals surface area (Å²) in [6, 6.07) is 5.13. The second kappa shape index (κ2) is 3.76. The van der Waals surface area contributed by atoms with Crippen molar-refractivity contribution < 1.29 is 9.18 Å². The van der Waals surface area contributed by atoms with Gasteiger partial charge < -0.3 is 0 Å². The molecular weight excluding hydrogens is 191 g/mol. The quantitative estimate of drug-likeness (QED) is 0.689. The molecule has 1 saturated carbocycles. The SMILES string of the molecule is Cc1ccc(F)c(C2CCC(=O)C2C)c1. The van der Waals surface area contributed by atoms with Gasteiger partial charge in [0.2, 0.25) is 0 Å². The van der Waals surface area contributed by atoms with Gasteiger partial charge in [0, 0.05) is 12.3 Å². The minimum absolute atomic E-state index is 0.0266. The van der Waals surface area contributed by atoms with Gasteiger partial charge >= 0.3 is 0 Å². The molecule has 80 valence electrons. The lowest BCUT2D eigenvalue weighted by atomic mass is 9.89. The summed E-state index contributed by atoms with van der Waals surface area (Å²) in [5.74, 6) is 0.145. The van der Waals surface area contributed by atoms with Gasteiger partial charge in [-0.3, -0.25) is 4.79 Å². The maximum absolute atomic E-state index is 13.6. The number of hydrogen-bond donors (Lipinski definition) is 0. The second-order valence-corrected chi connectivity index (χ2v) is 4.43. The average molecular weight is 206 g/mol. The van der Waals surface area contributed by atoms with E-state index in [1.807, 2.05) is 19.9 Å². The Morgan fingerprint density at radius 2 is 2.13 bits per heavy atom. The largest absolute Gasteiger partial charge is 0.299 e. The van der Waals surface area contributed by atoms with Crippen molar-refractivity contribution in [3.8, 4) is 0 Å². The lowest BCUT2D eigenvalue weighted by Gasteiger charge is -2.15. The molecular formula is C13H15FO. The average Bonchev–Trinajstić information content (AvgIpc) is 2.52. The van der Waals surface area contributed by atoms with E-state index < -0.39 is 0 Å². The van der Waals surface area contributed by atoms with Crippen LogP contribution >= 0.6 is 0 Å². The Bertz CT molecular complexity index is 398. The summed E-state index contributed by atoms with van der Waals surface area (Å²) in [6.07, 6.45) is 1.39. The summed E-state index contributed by atoms with van der Waals surface area (Å²) in [5.41, 5.74) is 1.77. The topological polar surface area (TPSA) is 17.1 Å². The van der Waals surface area contributed by atoms with Crippen LogP contribution in [0.5, 0.6) is 0 Å². The van der Waals surface area contributed by atoms with Crippen LogP contribution in [0.3, 0.4) is 0 Å². The van der Waals surface area contributed by atoms with Crippen molar-refractivity contribution in [3.63, 3.8) is 0 Å². The molecule has 0 spiro atoms. The molecule has 0 saturated heterocycles. The molecule has 1 aromatic rings. The van der Waals surface area contributed by atoms with Crippen LogP contribution in [-0.4, -0.2) is 5.78 Å². The third kappa shape index (κ3) is 1.81. The van der Waals surface area contributed by atoms with Gasteiger partial charge in [0.05, 0.1) is 0 Å². The summed E-state index contributed by atoms with van der Waals surface area (Å²) >= 11 is 0. The molecule has 15 heavy (non-hydrogen) atoms. The Morgan fingerprint density at radius 1 is 1.40 bits per heavy atom. The fourth-order valence-electron chi connectivity index (χ4n) is 2.37. The maximum atomic E-state index is 13.6. The van der Waals surface area contributed by atoms with E-state index in [2.05, 4.69) is 0 Å². The van der Waals surface area contributed by atoms with Gasteiger partial charge in [-0.15, -0.1) is 0 Å². The zero-order valence-corrected chi connectivity index (χ0v) is 9.09. The number of benzene rings is 1. The highest BCUT2D eigenvalue weighted by Crippen LogP contribution is 2.38. The number of rotatable bonds is 1. The number of carbonyl (C=O) groups excluding carboxylic acids is 1. The van der Waals surface area contributed by atoms with E-state index in [9.17, 15) is 9.18 Å². The highest BCUT2D eigenvalue weighted by molar-refractivity contribution is 5.84. The van der Waals surface area contributed by atoms with Gasteiger partial charge in [-0.2, -0.15) is 0 Å². The molecule has 0 heterocycles. The first kappa shape index (κ1) is 10.3. The van der Waals surface area contributed by atoms with Crippen molar-refractivity contribution in [2.45, 2.75) is 32.6 Å². The van der Waals surface area contributed by atoms with E-state index in [1.54, 1.807) is 6.07 Å². The molecule has 1 aliphatic carbocycles. The maximum Gasteiger partial charge on any atom is 0.136 e. The van der Waals surface area contributed by atoms with E-state index in [-0.39, 0.29) is 23.4 Å². The fraction of sp³-hybridized carbons (Fsp3) is 0.462. The second-order valence-electron chi connectivity index (χ2n) is 4.43. The molecule has 0 N–H and O–H groups in total. The zero-order chi connectivity index (χ0) is 11.0. The van der Waals surface area contributed by atoms with E-state index in [4.69, 9.17) is 0 Å². The highest BCUT2D eigenvalue weighted by atomic mass is 19.1. The van der Waals surface area contributed by atoms with Crippen LogP contribution in [0.1, 0.15) is 36.8 Å². The summed E-state index contributed by atoms with van der Waals surface area (Å²) in [5, 5.41) is 0. The Balaban J connectivity index is 2.37. The molecule has 0 aromatic heterocycles. The molecule has 1 fully saturated rings. The smallest absolute Gasteiger partial charge is 0.136 e. The lowest BCUT2D eigenvalue weighted by Crippen LogP contribution is -2.10. The summed E-state index contributed by atoms with van der Waals surface area (Å²) in [4.78, 5) is 11.4.